The molecule has 0 fully saturated rings. The van der Waals surface area contributed by atoms with E-state index >= 15 is 0 Å². The van der Waals surface area contributed by atoms with Crippen molar-refractivity contribution in [2.24, 2.45) is 7.05 Å². The number of pyridine rings is 1. The number of hydrogen-bond donors (Lipinski definition) is 1. The fourth-order valence-electron chi connectivity index (χ4n) is 1.61. The molecule has 0 aliphatic carbocycles. The predicted molar refractivity (Wildman–Crippen MR) is 64.9 cm³/mol. The third-order valence-corrected chi connectivity index (χ3v) is 2.68. The van der Waals surface area contributed by atoms with Crippen LogP contribution in [-0.4, -0.2) is 37.5 Å². The summed E-state index contributed by atoms with van der Waals surface area (Å²) in [5, 5.41) is 9.58. The molecule has 0 aromatic carbocycles. The third kappa shape index (κ3) is 2.32. The largest absolute Gasteiger partial charge is 0.505 e. The average Bonchev–Trinajstić information content (AvgIpc) is 2.75. The van der Waals surface area contributed by atoms with E-state index in [0.29, 0.717) is 6.54 Å². The Morgan fingerprint density at radius 3 is 2.89 bits per heavy atom. The van der Waals surface area contributed by atoms with Crippen LogP contribution in [0.15, 0.2) is 30.9 Å². The highest BCUT2D eigenvalue weighted by Crippen LogP contribution is 2.16. The molecule has 0 saturated carbocycles. The zero-order valence-electron chi connectivity index (χ0n) is 10.2. The standard InChI is InChI=1S/C12H14N4O2/c1-15-6-5-14-11(15)8-16(2)12(18)9-3-4-13-7-10(9)17/h3-7,17H,8H2,1-2H3. The molecule has 2 aromatic rings. The van der Waals surface area contributed by atoms with E-state index in [2.05, 4.69) is 9.97 Å². The van der Waals surface area contributed by atoms with Gasteiger partial charge in [-0.25, -0.2) is 4.98 Å². The van der Waals surface area contributed by atoms with E-state index in [1.54, 1.807) is 13.2 Å². The number of carbonyl (C=O) groups excluding carboxylic acids is 1. The van der Waals surface area contributed by atoms with Crippen molar-refractivity contribution in [3.8, 4) is 5.75 Å². The minimum absolute atomic E-state index is 0.116. The molecule has 18 heavy (non-hydrogen) atoms. The number of hydrogen-bond acceptors (Lipinski definition) is 4. The molecule has 0 radical (unpaired) electrons. The van der Waals surface area contributed by atoms with E-state index in [1.165, 1.54) is 23.4 Å². The van der Waals surface area contributed by atoms with Crippen LogP contribution in [0, 0.1) is 0 Å². The summed E-state index contributed by atoms with van der Waals surface area (Å²) in [6, 6.07) is 1.49. The zero-order chi connectivity index (χ0) is 13.1. The molecule has 0 unspecified atom stereocenters. The molecule has 2 rings (SSSR count). The molecule has 6 heteroatoms. The molecular weight excluding hydrogens is 232 g/mol. The van der Waals surface area contributed by atoms with Gasteiger partial charge < -0.3 is 14.6 Å². The smallest absolute Gasteiger partial charge is 0.257 e. The van der Waals surface area contributed by atoms with Gasteiger partial charge in [-0.1, -0.05) is 0 Å². The molecule has 0 aliphatic heterocycles. The van der Waals surface area contributed by atoms with Gasteiger partial charge in [-0.2, -0.15) is 0 Å². The summed E-state index contributed by atoms with van der Waals surface area (Å²) in [6.45, 7) is 0.379. The van der Waals surface area contributed by atoms with Crippen molar-refractivity contribution in [2.45, 2.75) is 6.54 Å². The maximum Gasteiger partial charge on any atom is 0.257 e. The summed E-state index contributed by atoms with van der Waals surface area (Å²) in [5.41, 5.74) is 0.238. The molecule has 1 amide bonds. The number of aromatic hydroxyl groups is 1. The number of imidazole rings is 1. The van der Waals surface area contributed by atoms with Crippen molar-refractivity contribution in [3.63, 3.8) is 0 Å². The topological polar surface area (TPSA) is 71.2 Å². The molecule has 94 valence electrons. The van der Waals surface area contributed by atoms with Crippen molar-refractivity contribution < 1.29 is 9.90 Å². The van der Waals surface area contributed by atoms with Gasteiger partial charge in [0, 0.05) is 32.7 Å². The highest BCUT2D eigenvalue weighted by atomic mass is 16.3. The lowest BCUT2D eigenvalue weighted by molar-refractivity contribution is 0.0777. The Morgan fingerprint density at radius 1 is 1.50 bits per heavy atom. The maximum atomic E-state index is 12.1. The Hall–Kier alpha value is -2.37. The monoisotopic (exact) mass is 246 g/mol. The first-order valence-electron chi connectivity index (χ1n) is 5.44. The van der Waals surface area contributed by atoms with Crippen molar-refractivity contribution >= 4 is 5.91 Å². The molecule has 0 saturated heterocycles. The van der Waals surface area contributed by atoms with E-state index in [1.807, 2.05) is 17.8 Å². The van der Waals surface area contributed by atoms with E-state index in [0.717, 1.165) is 5.82 Å². The SMILES string of the molecule is CN(Cc1nccn1C)C(=O)c1ccncc1O. The van der Waals surface area contributed by atoms with Crippen LogP contribution < -0.4 is 0 Å². The van der Waals surface area contributed by atoms with Crippen LogP contribution in [0.5, 0.6) is 5.75 Å². The second kappa shape index (κ2) is 4.87. The Kier molecular flexibility index (Phi) is 3.27. The van der Waals surface area contributed by atoms with Gasteiger partial charge in [-0.3, -0.25) is 9.78 Å². The predicted octanol–water partition coefficient (Wildman–Crippen LogP) is 0.793. The molecule has 0 atom stereocenters. The van der Waals surface area contributed by atoms with E-state index in [-0.39, 0.29) is 17.2 Å². The summed E-state index contributed by atoms with van der Waals surface area (Å²) < 4.78 is 1.84. The van der Waals surface area contributed by atoms with Crippen LogP contribution in [0.2, 0.25) is 0 Å². The van der Waals surface area contributed by atoms with Gasteiger partial charge in [0.15, 0.2) is 0 Å². The first-order chi connectivity index (χ1) is 8.59. The molecule has 0 bridgehead atoms. The van der Waals surface area contributed by atoms with Crippen LogP contribution in [-0.2, 0) is 13.6 Å². The normalized spacial score (nSPS) is 10.3. The zero-order valence-corrected chi connectivity index (χ0v) is 10.2. The highest BCUT2D eigenvalue weighted by molar-refractivity contribution is 5.96. The second-order valence-corrected chi connectivity index (χ2v) is 4.01. The van der Waals surface area contributed by atoms with Gasteiger partial charge in [0.25, 0.3) is 5.91 Å². The Bertz CT molecular complexity index is 565. The van der Waals surface area contributed by atoms with Gasteiger partial charge in [0.05, 0.1) is 18.3 Å². The number of carbonyl (C=O) groups is 1. The first-order valence-corrected chi connectivity index (χ1v) is 5.44. The van der Waals surface area contributed by atoms with Crippen LogP contribution in [0.1, 0.15) is 16.2 Å². The van der Waals surface area contributed by atoms with Gasteiger partial charge in [0.1, 0.15) is 11.6 Å². The molecule has 1 N–H and O–H groups in total. The average molecular weight is 246 g/mol. The fraction of sp³-hybridized carbons (Fsp3) is 0.250. The van der Waals surface area contributed by atoms with Crippen LogP contribution >= 0.6 is 0 Å². The van der Waals surface area contributed by atoms with Gasteiger partial charge in [-0.15, -0.1) is 0 Å². The van der Waals surface area contributed by atoms with Gasteiger partial charge >= 0.3 is 0 Å². The van der Waals surface area contributed by atoms with Crippen molar-refractivity contribution in [1.82, 2.24) is 19.4 Å². The quantitative estimate of drug-likeness (QED) is 0.869. The number of aromatic nitrogens is 3. The highest BCUT2D eigenvalue weighted by Gasteiger charge is 2.16. The lowest BCUT2D eigenvalue weighted by Crippen LogP contribution is -2.27. The maximum absolute atomic E-state index is 12.1. The first kappa shape index (κ1) is 12.1. The molecule has 2 aromatic heterocycles. The molecule has 2 heterocycles. The summed E-state index contributed by atoms with van der Waals surface area (Å²) in [6.07, 6.45) is 6.22. The Labute approximate surface area is 105 Å². The lowest BCUT2D eigenvalue weighted by Gasteiger charge is -2.17. The number of aryl methyl sites for hydroxylation is 1. The Morgan fingerprint density at radius 2 is 2.28 bits per heavy atom. The number of nitrogens with zero attached hydrogens (tertiary/aromatic N) is 4. The van der Waals surface area contributed by atoms with Crippen molar-refractivity contribution in [2.75, 3.05) is 7.05 Å². The van der Waals surface area contributed by atoms with Crippen molar-refractivity contribution in [1.29, 1.82) is 0 Å². The minimum Gasteiger partial charge on any atom is -0.505 e. The summed E-state index contributed by atoms with van der Waals surface area (Å²) in [5.74, 6) is 0.395. The minimum atomic E-state index is -0.266. The molecular formula is C12H14N4O2. The lowest BCUT2D eigenvalue weighted by atomic mass is 10.2. The van der Waals surface area contributed by atoms with E-state index in [4.69, 9.17) is 0 Å². The second-order valence-electron chi connectivity index (χ2n) is 4.01. The van der Waals surface area contributed by atoms with Gasteiger partial charge in [-0.05, 0) is 6.07 Å². The summed E-state index contributed by atoms with van der Waals surface area (Å²) in [7, 11) is 3.53. The van der Waals surface area contributed by atoms with Crippen molar-refractivity contribution in [3.05, 3.63) is 42.2 Å². The van der Waals surface area contributed by atoms with Crippen LogP contribution in [0.4, 0.5) is 0 Å². The van der Waals surface area contributed by atoms with E-state index in [9.17, 15) is 9.90 Å². The fourth-order valence-corrected chi connectivity index (χ4v) is 1.61. The summed E-state index contributed by atoms with van der Waals surface area (Å²) >= 11 is 0. The third-order valence-electron chi connectivity index (χ3n) is 2.68. The molecule has 6 nitrogen and oxygen atoms in total. The van der Waals surface area contributed by atoms with Gasteiger partial charge in [0.2, 0.25) is 0 Å². The Balaban J connectivity index is 2.15. The van der Waals surface area contributed by atoms with Crippen LogP contribution in [0.25, 0.3) is 0 Å². The molecule has 0 spiro atoms. The molecule has 0 aliphatic rings. The number of rotatable bonds is 3. The van der Waals surface area contributed by atoms with Crippen LogP contribution in [0.3, 0.4) is 0 Å². The summed E-state index contributed by atoms with van der Waals surface area (Å²) in [4.78, 5) is 21.5. The number of amides is 1. The van der Waals surface area contributed by atoms with E-state index < -0.39 is 0 Å².